The summed E-state index contributed by atoms with van der Waals surface area (Å²) >= 11 is 7.25. The van der Waals surface area contributed by atoms with Crippen molar-refractivity contribution in [3.05, 3.63) is 44.9 Å². The number of carbonyl (C=O) groups is 1. The van der Waals surface area contributed by atoms with Gasteiger partial charge < -0.3 is 15.4 Å². The number of thiazole rings is 1. The fourth-order valence-corrected chi connectivity index (χ4v) is 3.82. The number of hydrogen-bond donors (Lipinski definition) is 2. The minimum Gasteiger partial charge on any atom is -0.486 e. The van der Waals surface area contributed by atoms with Crippen LogP contribution in [0.25, 0.3) is 0 Å². The summed E-state index contributed by atoms with van der Waals surface area (Å²) in [4.78, 5) is 17.7. The highest BCUT2D eigenvalue weighted by atomic mass is 35.5. The molecule has 0 aliphatic carbocycles. The van der Waals surface area contributed by atoms with Gasteiger partial charge in [0.2, 0.25) is 0 Å². The lowest BCUT2D eigenvalue weighted by atomic mass is 9.95. The number of nitrogens with zero attached hydrogens (tertiary/aromatic N) is 1. The van der Waals surface area contributed by atoms with Gasteiger partial charge in [0.1, 0.15) is 22.2 Å². The van der Waals surface area contributed by atoms with E-state index in [2.05, 4.69) is 22.5 Å². The van der Waals surface area contributed by atoms with Gasteiger partial charge in [0.05, 0.1) is 5.69 Å². The summed E-state index contributed by atoms with van der Waals surface area (Å²) < 4.78 is 5.71. The summed E-state index contributed by atoms with van der Waals surface area (Å²) in [5, 5.41) is 7.91. The van der Waals surface area contributed by atoms with Crippen LogP contribution >= 0.6 is 47.8 Å². The van der Waals surface area contributed by atoms with E-state index in [1.165, 1.54) is 11.3 Å². The Morgan fingerprint density at radius 2 is 2.07 bits per heavy atom. The number of aromatic nitrogens is 1. The monoisotopic (exact) mass is 451 g/mol. The highest BCUT2D eigenvalue weighted by Gasteiger charge is 2.25. The summed E-state index contributed by atoms with van der Waals surface area (Å²) in [6, 6.07) is 7.35. The van der Waals surface area contributed by atoms with Crippen molar-refractivity contribution in [2.45, 2.75) is 32.9 Å². The third kappa shape index (κ3) is 6.50. The maximum absolute atomic E-state index is 12.6. The topological polar surface area (TPSA) is 63.2 Å². The molecule has 1 aromatic carbocycles. The Bertz CT molecular complexity index is 740. The lowest BCUT2D eigenvalue weighted by molar-refractivity contribution is 0.0918. The molecule has 1 fully saturated rings. The molecule has 1 amide bonds. The van der Waals surface area contributed by atoms with Crippen molar-refractivity contribution < 1.29 is 9.53 Å². The van der Waals surface area contributed by atoms with Crippen molar-refractivity contribution in [2.24, 2.45) is 5.92 Å². The molecule has 1 saturated heterocycles. The molecule has 27 heavy (non-hydrogen) atoms. The Morgan fingerprint density at radius 1 is 1.37 bits per heavy atom. The number of piperidine rings is 1. The van der Waals surface area contributed by atoms with Gasteiger partial charge in [-0.2, -0.15) is 0 Å². The quantitative estimate of drug-likeness (QED) is 0.711. The van der Waals surface area contributed by atoms with Crippen LogP contribution in [0.15, 0.2) is 24.3 Å². The molecule has 0 spiro atoms. The molecule has 0 bridgehead atoms. The Balaban J connectivity index is 0.00000182. The smallest absolute Gasteiger partial charge is 0.263 e. The van der Waals surface area contributed by atoms with Crippen LogP contribution in [0.4, 0.5) is 0 Å². The molecule has 5 nitrogen and oxygen atoms in total. The van der Waals surface area contributed by atoms with E-state index < -0.39 is 0 Å². The molecule has 1 aliphatic rings. The summed E-state index contributed by atoms with van der Waals surface area (Å²) in [5.74, 6) is 1.16. The zero-order chi connectivity index (χ0) is 17.8. The zero-order valence-corrected chi connectivity index (χ0v) is 18.4. The number of halogens is 3. The minimum atomic E-state index is -0.0479. The van der Waals surface area contributed by atoms with E-state index in [-0.39, 0.29) is 36.8 Å². The molecule has 1 aliphatic heterocycles. The summed E-state index contributed by atoms with van der Waals surface area (Å²) in [6.07, 6.45) is 1.08. The second-order valence-corrected chi connectivity index (χ2v) is 7.83. The van der Waals surface area contributed by atoms with Gasteiger partial charge in [0, 0.05) is 17.6 Å². The number of benzene rings is 1. The highest BCUT2D eigenvalue weighted by molar-refractivity contribution is 7.13. The maximum Gasteiger partial charge on any atom is 0.263 e. The average molecular weight is 453 g/mol. The number of amides is 1. The molecular weight excluding hydrogens is 429 g/mol. The molecule has 3 rings (SSSR count). The highest BCUT2D eigenvalue weighted by Crippen LogP contribution is 2.22. The third-order valence-electron chi connectivity index (χ3n) is 4.37. The van der Waals surface area contributed by atoms with Gasteiger partial charge in [-0.3, -0.25) is 4.79 Å². The van der Waals surface area contributed by atoms with Gasteiger partial charge in [-0.25, -0.2) is 4.98 Å². The molecule has 9 heteroatoms. The minimum absolute atomic E-state index is 0. The van der Waals surface area contributed by atoms with Crippen molar-refractivity contribution >= 4 is 53.7 Å². The van der Waals surface area contributed by atoms with Crippen LogP contribution in [0.1, 0.15) is 33.7 Å². The molecule has 2 atom stereocenters. The van der Waals surface area contributed by atoms with Gasteiger partial charge in [-0.05, 0) is 50.1 Å². The van der Waals surface area contributed by atoms with E-state index in [1.807, 2.05) is 19.1 Å². The Morgan fingerprint density at radius 3 is 2.74 bits per heavy atom. The van der Waals surface area contributed by atoms with Crippen molar-refractivity contribution in [2.75, 3.05) is 13.1 Å². The van der Waals surface area contributed by atoms with Crippen LogP contribution in [-0.2, 0) is 6.61 Å². The normalized spacial score (nSPS) is 18.8. The van der Waals surface area contributed by atoms with Crippen LogP contribution < -0.4 is 15.4 Å². The molecule has 2 aromatic rings. The molecule has 1 aromatic heterocycles. The zero-order valence-electron chi connectivity index (χ0n) is 15.2. The van der Waals surface area contributed by atoms with E-state index in [4.69, 9.17) is 16.3 Å². The van der Waals surface area contributed by atoms with Crippen molar-refractivity contribution in [3.63, 3.8) is 0 Å². The van der Waals surface area contributed by atoms with E-state index in [1.54, 1.807) is 12.1 Å². The van der Waals surface area contributed by atoms with Gasteiger partial charge >= 0.3 is 0 Å². The number of hydrogen-bond acceptors (Lipinski definition) is 5. The SMILES string of the molecule is Cc1nc(COc2ccc(Cl)cc2)sc1C(=O)NC1CNCCC1C.Cl.Cl. The Labute approximate surface area is 181 Å². The number of nitrogens with one attached hydrogen (secondary N) is 2. The molecule has 0 radical (unpaired) electrons. The fourth-order valence-electron chi connectivity index (χ4n) is 2.82. The average Bonchev–Trinajstić information content (AvgIpc) is 2.97. The second kappa shape index (κ2) is 11.1. The van der Waals surface area contributed by atoms with E-state index in [9.17, 15) is 4.79 Å². The predicted molar refractivity (Wildman–Crippen MR) is 115 cm³/mol. The van der Waals surface area contributed by atoms with E-state index in [0.29, 0.717) is 22.4 Å². The lowest BCUT2D eigenvalue weighted by Gasteiger charge is -2.30. The van der Waals surface area contributed by atoms with Crippen LogP contribution in [0, 0.1) is 12.8 Å². The maximum atomic E-state index is 12.6. The first-order chi connectivity index (χ1) is 12.0. The molecular formula is C18H24Cl3N3O2S. The van der Waals surface area contributed by atoms with Gasteiger partial charge in [0.25, 0.3) is 5.91 Å². The van der Waals surface area contributed by atoms with Crippen LogP contribution in [0.3, 0.4) is 0 Å². The largest absolute Gasteiger partial charge is 0.486 e. The predicted octanol–water partition coefficient (Wildman–Crippen LogP) is 4.26. The second-order valence-electron chi connectivity index (χ2n) is 6.31. The first-order valence-corrected chi connectivity index (χ1v) is 9.58. The Hall–Kier alpha value is -1.05. The van der Waals surface area contributed by atoms with Gasteiger partial charge in [-0.1, -0.05) is 18.5 Å². The van der Waals surface area contributed by atoms with Gasteiger partial charge in [-0.15, -0.1) is 36.2 Å². The number of carbonyl (C=O) groups excluding carboxylic acids is 1. The van der Waals surface area contributed by atoms with Crippen LogP contribution in [-0.4, -0.2) is 30.0 Å². The number of rotatable bonds is 5. The number of ether oxygens (including phenoxy) is 1. The molecule has 2 unspecified atom stereocenters. The molecule has 0 saturated carbocycles. The van der Waals surface area contributed by atoms with Crippen LogP contribution in [0.5, 0.6) is 5.75 Å². The van der Waals surface area contributed by atoms with Crippen molar-refractivity contribution in [3.8, 4) is 5.75 Å². The van der Waals surface area contributed by atoms with Crippen molar-refractivity contribution in [1.29, 1.82) is 0 Å². The summed E-state index contributed by atoms with van der Waals surface area (Å²) in [7, 11) is 0. The number of aryl methyl sites for hydroxylation is 1. The summed E-state index contributed by atoms with van der Waals surface area (Å²) in [5.41, 5.74) is 0.744. The first kappa shape index (κ1) is 24.0. The third-order valence-corrected chi connectivity index (χ3v) is 5.75. The van der Waals surface area contributed by atoms with Crippen molar-refractivity contribution in [1.82, 2.24) is 15.6 Å². The standard InChI is InChI=1S/C18H22ClN3O2S.2ClH/c1-11-7-8-20-9-15(11)22-18(23)17-12(2)21-16(25-17)10-24-14-5-3-13(19)4-6-14;;/h3-6,11,15,20H,7-10H2,1-2H3,(H,22,23);2*1H. The molecule has 150 valence electrons. The fraction of sp³-hybridized carbons (Fsp3) is 0.444. The molecule has 2 heterocycles. The van der Waals surface area contributed by atoms with E-state index >= 15 is 0 Å². The van der Waals surface area contributed by atoms with E-state index in [0.717, 1.165) is 36.0 Å². The summed E-state index contributed by atoms with van der Waals surface area (Å²) in [6.45, 7) is 6.20. The van der Waals surface area contributed by atoms with Crippen LogP contribution in [0.2, 0.25) is 5.02 Å². The molecule has 2 N–H and O–H groups in total. The Kier molecular flexibility index (Phi) is 9.84. The van der Waals surface area contributed by atoms with Gasteiger partial charge in [0.15, 0.2) is 0 Å². The lowest BCUT2D eigenvalue weighted by Crippen LogP contribution is -2.50. The first-order valence-electron chi connectivity index (χ1n) is 8.39.